The molecule has 0 amide bonds. The molecule has 6 heteroatoms. The van der Waals surface area contributed by atoms with Crippen molar-refractivity contribution in [3.05, 3.63) is 23.3 Å². The summed E-state index contributed by atoms with van der Waals surface area (Å²) >= 11 is 0. The van der Waals surface area contributed by atoms with E-state index in [0.29, 0.717) is 0 Å². The smallest absolute Gasteiger partial charge is 0.283 e. The summed E-state index contributed by atoms with van der Waals surface area (Å²) < 4.78 is 37.1. The fraction of sp³-hybridized carbons (Fsp3) is 0.286. The third-order valence-electron chi connectivity index (χ3n) is 1.59. The molecule has 4 N–H and O–H groups in total. The molecule has 0 aliphatic heterocycles. The Morgan fingerprint density at radius 1 is 1.46 bits per heavy atom. The molecule has 0 radical (unpaired) electrons. The van der Waals surface area contributed by atoms with E-state index >= 15 is 0 Å². The minimum absolute atomic E-state index is 0.0285. The van der Waals surface area contributed by atoms with Gasteiger partial charge < -0.3 is 11.5 Å². The molecule has 0 atom stereocenters. The van der Waals surface area contributed by atoms with Crippen molar-refractivity contribution >= 4 is 5.69 Å². The Morgan fingerprint density at radius 2 is 2.08 bits per heavy atom. The van der Waals surface area contributed by atoms with Crippen LogP contribution < -0.4 is 11.5 Å². The summed E-state index contributed by atoms with van der Waals surface area (Å²) in [5.74, 6) is -1.18. The van der Waals surface area contributed by atoms with Gasteiger partial charge in [0.05, 0.1) is 5.69 Å². The summed E-state index contributed by atoms with van der Waals surface area (Å²) in [6.45, 7) is -0.0285. The minimum atomic E-state index is -2.96. The molecule has 1 aromatic heterocycles. The predicted molar refractivity (Wildman–Crippen MR) is 41.5 cm³/mol. The number of nitrogens with two attached hydrogens (primary N) is 2. The molecular formula is C7H8F3N3. The van der Waals surface area contributed by atoms with E-state index < -0.39 is 17.9 Å². The van der Waals surface area contributed by atoms with Gasteiger partial charge in [0, 0.05) is 18.3 Å². The molecule has 1 aromatic rings. The van der Waals surface area contributed by atoms with Gasteiger partial charge in [-0.3, -0.25) is 4.98 Å². The largest absolute Gasteiger partial charge is 0.396 e. The summed E-state index contributed by atoms with van der Waals surface area (Å²) in [4.78, 5) is 3.22. The molecule has 0 bridgehead atoms. The van der Waals surface area contributed by atoms with Crippen LogP contribution in [0.1, 0.15) is 17.7 Å². The molecule has 0 unspecified atom stereocenters. The van der Waals surface area contributed by atoms with E-state index in [4.69, 9.17) is 11.5 Å². The number of pyridine rings is 1. The van der Waals surface area contributed by atoms with Crippen LogP contribution in [0.4, 0.5) is 18.9 Å². The van der Waals surface area contributed by atoms with Gasteiger partial charge in [-0.15, -0.1) is 0 Å². The fourth-order valence-electron chi connectivity index (χ4n) is 0.867. The van der Waals surface area contributed by atoms with E-state index in [1.165, 1.54) is 0 Å². The summed E-state index contributed by atoms with van der Waals surface area (Å²) in [6, 6.07) is 0. The number of rotatable bonds is 2. The molecule has 72 valence electrons. The summed E-state index contributed by atoms with van der Waals surface area (Å²) in [6.07, 6.45) is -1.91. The molecule has 0 fully saturated rings. The highest BCUT2D eigenvalue weighted by Crippen LogP contribution is 2.25. The maximum atomic E-state index is 13.0. The normalized spacial score (nSPS) is 10.8. The van der Waals surface area contributed by atoms with E-state index in [9.17, 15) is 13.2 Å². The Balaban J connectivity index is 3.23. The molecule has 0 aromatic carbocycles. The monoisotopic (exact) mass is 191 g/mol. The number of anilines is 1. The van der Waals surface area contributed by atoms with Gasteiger partial charge in [-0.2, -0.15) is 0 Å². The fourth-order valence-corrected chi connectivity index (χ4v) is 0.867. The SMILES string of the molecule is NCc1cnc(C(F)F)c(F)c1N. The second kappa shape index (κ2) is 3.61. The van der Waals surface area contributed by atoms with Crippen molar-refractivity contribution in [3.8, 4) is 0 Å². The van der Waals surface area contributed by atoms with E-state index in [0.717, 1.165) is 6.20 Å². The van der Waals surface area contributed by atoms with E-state index in [-0.39, 0.29) is 17.8 Å². The first-order valence-corrected chi connectivity index (χ1v) is 3.49. The van der Waals surface area contributed by atoms with Crippen LogP contribution in [-0.4, -0.2) is 4.98 Å². The van der Waals surface area contributed by atoms with Gasteiger partial charge >= 0.3 is 0 Å². The molecule has 0 spiro atoms. The number of alkyl halides is 2. The summed E-state index contributed by atoms with van der Waals surface area (Å²) in [5, 5.41) is 0. The zero-order valence-corrected chi connectivity index (χ0v) is 6.60. The van der Waals surface area contributed by atoms with Crippen molar-refractivity contribution in [3.63, 3.8) is 0 Å². The zero-order valence-electron chi connectivity index (χ0n) is 6.60. The first kappa shape index (κ1) is 9.79. The van der Waals surface area contributed by atoms with Gasteiger partial charge in [0.1, 0.15) is 5.69 Å². The highest BCUT2D eigenvalue weighted by molar-refractivity contribution is 5.48. The van der Waals surface area contributed by atoms with Crippen LogP contribution in [-0.2, 0) is 6.54 Å². The van der Waals surface area contributed by atoms with Gasteiger partial charge in [0.25, 0.3) is 6.43 Å². The lowest BCUT2D eigenvalue weighted by Crippen LogP contribution is -2.08. The lowest BCUT2D eigenvalue weighted by Gasteiger charge is -2.06. The van der Waals surface area contributed by atoms with Crippen LogP contribution in [0.15, 0.2) is 6.20 Å². The second-order valence-corrected chi connectivity index (χ2v) is 2.40. The van der Waals surface area contributed by atoms with Crippen molar-refractivity contribution in [2.75, 3.05) is 5.73 Å². The molecule has 0 aliphatic rings. The summed E-state index contributed by atoms with van der Waals surface area (Å²) in [7, 11) is 0. The van der Waals surface area contributed by atoms with E-state index in [1.807, 2.05) is 0 Å². The zero-order chi connectivity index (χ0) is 10.0. The van der Waals surface area contributed by atoms with Gasteiger partial charge in [0.2, 0.25) is 0 Å². The summed E-state index contributed by atoms with van der Waals surface area (Å²) in [5.41, 5.74) is 9.31. The highest BCUT2D eigenvalue weighted by Gasteiger charge is 2.18. The number of hydrogen-bond donors (Lipinski definition) is 2. The molecule has 0 saturated heterocycles. The topological polar surface area (TPSA) is 64.9 Å². The number of aromatic nitrogens is 1. The van der Waals surface area contributed by atoms with Crippen LogP contribution in [0, 0.1) is 5.82 Å². The van der Waals surface area contributed by atoms with Gasteiger partial charge in [-0.1, -0.05) is 0 Å². The van der Waals surface area contributed by atoms with Crippen molar-refractivity contribution in [2.45, 2.75) is 13.0 Å². The Labute approximate surface area is 72.6 Å². The van der Waals surface area contributed by atoms with Crippen LogP contribution in [0.2, 0.25) is 0 Å². The van der Waals surface area contributed by atoms with Gasteiger partial charge in [0.15, 0.2) is 5.82 Å². The molecule has 1 rings (SSSR count). The van der Waals surface area contributed by atoms with Crippen molar-refractivity contribution < 1.29 is 13.2 Å². The van der Waals surface area contributed by atoms with Crippen LogP contribution in [0.25, 0.3) is 0 Å². The molecule has 3 nitrogen and oxygen atoms in total. The van der Waals surface area contributed by atoms with Gasteiger partial charge in [-0.05, 0) is 0 Å². The Bertz CT molecular complexity index is 314. The third-order valence-corrected chi connectivity index (χ3v) is 1.59. The first-order chi connectivity index (χ1) is 6.07. The Kier molecular flexibility index (Phi) is 2.72. The van der Waals surface area contributed by atoms with Crippen molar-refractivity contribution in [2.24, 2.45) is 5.73 Å². The Hall–Kier alpha value is -1.30. The molecule has 13 heavy (non-hydrogen) atoms. The van der Waals surface area contributed by atoms with Crippen molar-refractivity contribution in [1.82, 2.24) is 4.98 Å². The quantitative estimate of drug-likeness (QED) is 0.738. The molecule has 0 aliphatic carbocycles. The van der Waals surface area contributed by atoms with Crippen LogP contribution >= 0.6 is 0 Å². The third kappa shape index (κ3) is 1.72. The average molecular weight is 191 g/mol. The first-order valence-electron chi connectivity index (χ1n) is 3.49. The van der Waals surface area contributed by atoms with E-state index in [2.05, 4.69) is 4.98 Å². The minimum Gasteiger partial charge on any atom is -0.396 e. The lowest BCUT2D eigenvalue weighted by molar-refractivity contribution is 0.140. The second-order valence-electron chi connectivity index (χ2n) is 2.40. The molecule has 0 saturated carbocycles. The number of halogens is 3. The molecular weight excluding hydrogens is 183 g/mol. The predicted octanol–water partition coefficient (Wildman–Crippen LogP) is 1.20. The Morgan fingerprint density at radius 3 is 2.54 bits per heavy atom. The van der Waals surface area contributed by atoms with E-state index in [1.54, 1.807) is 0 Å². The highest BCUT2D eigenvalue weighted by atomic mass is 19.3. The maximum absolute atomic E-state index is 13.0. The number of hydrogen-bond acceptors (Lipinski definition) is 3. The number of nitrogen functional groups attached to an aromatic ring is 1. The lowest BCUT2D eigenvalue weighted by atomic mass is 10.2. The average Bonchev–Trinajstić information content (AvgIpc) is 2.09. The maximum Gasteiger partial charge on any atom is 0.283 e. The van der Waals surface area contributed by atoms with Crippen LogP contribution in [0.5, 0.6) is 0 Å². The molecule has 1 heterocycles. The van der Waals surface area contributed by atoms with Crippen molar-refractivity contribution in [1.29, 1.82) is 0 Å². The standard InChI is InChI=1S/C7H8F3N3/c8-4-5(12)3(1-11)2-13-6(4)7(9)10/h2,7H,1,11H2,(H2,12,13). The van der Waals surface area contributed by atoms with Crippen LogP contribution in [0.3, 0.4) is 0 Å². The van der Waals surface area contributed by atoms with Gasteiger partial charge in [-0.25, -0.2) is 13.2 Å². The number of nitrogens with zero attached hydrogens (tertiary/aromatic N) is 1.